The molecule has 0 amide bonds. The molecule has 0 fully saturated rings. The minimum atomic E-state index is 0.548. The summed E-state index contributed by atoms with van der Waals surface area (Å²) in [4.78, 5) is 6.66. The van der Waals surface area contributed by atoms with Crippen LogP contribution in [0.1, 0.15) is 31.4 Å². The van der Waals surface area contributed by atoms with E-state index in [-0.39, 0.29) is 0 Å². The lowest BCUT2D eigenvalue weighted by Crippen LogP contribution is -2.32. The molecule has 0 unspecified atom stereocenters. The molecule has 1 rings (SSSR count). The fourth-order valence-corrected chi connectivity index (χ4v) is 1.75. The average molecular weight is 221 g/mol. The summed E-state index contributed by atoms with van der Waals surface area (Å²) in [5, 5.41) is 0. The predicted molar refractivity (Wildman–Crippen MR) is 68.2 cm³/mol. The van der Waals surface area contributed by atoms with E-state index in [0.29, 0.717) is 6.04 Å². The highest BCUT2D eigenvalue weighted by Crippen LogP contribution is 2.09. The largest absolute Gasteiger partial charge is 0.330 e. The molecule has 3 nitrogen and oxygen atoms in total. The Bertz CT molecular complexity index is 310. The zero-order valence-corrected chi connectivity index (χ0v) is 10.6. The Morgan fingerprint density at radius 2 is 2.12 bits per heavy atom. The maximum absolute atomic E-state index is 5.56. The van der Waals surface area contributed by atoms with Gasteiger partial charge >= 0.3 is 0 Å². The van der Waals surface area contributed by atoms with Gasteiger partial charge in [0.25, 0.3) is 0 Å². The quantitative estimate of drug-likeness (QED) is 0.798. The van der Waals surface area contributed by atoms with Crippen LogP contribution in [0.5, 0.6) is 0 Å². The molecule has 90 valence electrons. The molecule has 0 bridgehead atoms. The first kappa shape index (κ1) is 13.1. The van der Waals surface area contributed by atoms with Crippen LogP contribution >= 0.6 is 0 Å². The van der Waals surface area contributed by atoms with Gasteiger partial charge in [-0.3, -0.25) is 9.88 Å². The average Bonchev–Trinajstić information content (AvgIpc) is 2.24. The van der Waals surface area contributed by atoms with E-state index in [1.54, 1.807) is 0 Å². The number of aryl methyl sites for hydroxylation is 1. The lowest BCUT2D eigenvalue weighted by molar-refractivity contribution is 0.211. The molecule has 0 radical (unpaired) electrons. The van der Waals surface area contributed by atoms with Crippen LogP contribution in [0.2, 0.25) is 0 Å². The molecule has 0 saturated heterocycles. The summed E-state index contributed by atoms with van der Waals surface area (Å²) in [5.41, 5.74) is 8.06. The van der Waals surface area contributed by atoms with Crippen molar-refractivity contribution in [3.05, 3.63) is 29.6 Å². The van der Waals surface area contributed by atoms with E-state index < -0.39 is 0 Å². The van der Waals surface area contributed by atoms with E-state index in [9.17, 15) is 0 Å². The smallest absolute Gasteiger partial charge is 0.0313 e. The fourth-order valence-electron chi connectivity index (χ4n) is 1.75. The number of rotatable bonds is 6. The summed E-state index contributed by atoms with van der Waals surface area (Å²) < 4.78 is 0. The third-order valence-corrected chi connectivity index (χ3v) is 2.70. The molecule has 1 aromatic rings. The molecule has 3 heteroatoms. The van der Waals surface area contributed by atoms with E-state index in [1.807, 2.05) is 12.4 Å². The third kappa shape index (κ3) is 4.29. The van der Waals surface area contributed by atoms with Gasteiger partial charge < -0.3 is 5.73 Å². The summed E-state index contributed by atoms with van der Waals surface area (Å²) >= 11 is 0. The molecule has 1 aromatic heterocycles. The minimum absolute atomic E-state index is 0.548. The molecule has 0 saturated carbocycles. The second-order valence-electron chi connectivity index (χ2n) is 4.58. The van der Waals surface area contributed by atoms with E-state index >= 15 is 0 Å². The summed E-state index contributed by atoms with van der Waals surface area (Å²) in [6, 6.07) is 2.75. The normalized spacial score (nSPS) is 11.4. The van der Waals surface area contributed by atoms with Crippen molar-refractivity contribution in [2.24, 2.45) is 5.73 Å². The molecule has 0 aliphatic rings. The molecule has 0 atom stereocenters. The first-order valence-electron chi connectivity index (χ1n) is 5.98. The van der Waals surface area contributed by atoms with Gasteiger partial charge in [-0.25, -0.2) is 0 Å². The zero-order chi connectivity index (χ0) is 12.0. The van der Waals surface area contributed by atoms with Crippen LogP contribution in [-0.4, -0.2) is 29.0 Å². The van der Waals surface area contributed by atoms with E-state index in [0.717, 1.165) is 26.1 Å². The Morgan fingerprint density at radius 1 is 1.38 bits per heavy atom. The van der Waals surface area contributed by atoms with Crippen molar-refractivity contribution in [1.82, 2.24) is 9.88 Å². The Morgan fingerprint density at radius 3 is 2.69 bits per heavy atom. The summed E-state index contributed by atoms with van der Waals surface area (Å²) in [6.45, 7) is 9.30. The maximum atomic E-state index is 5.56. The third-order valence-electron chi connectivity index (χ3n) is 2.70. The predicted octanol–water partition coefficient (Wildman–Crippen LogP) is 1.95. The van der Waals surface area contributed by atoms with Crippen molar-refractivity contribution in [3.8, 4) is 0 Å². The number of hydrogen-bond acceptors (Lipinski definition) is 3. The van der Waals surface area contributed by atoms with Crippen molar-refractivity contribution in [2.75, 3.05) is 13.1 Å². The summed E-state index contributed by atoms with van der Waals surface area (Å²) in [5.74, 6) is 0. The first-order chi connectivity index (χ1) is 7.63. The molecule has 0 aromatic carbocycles. The van der Waals surface area contributed by atoms with Crippen molar-refractivity contribution in [2.45, 2.75) is 39.8 Å². The molecule has 2 N–H and O–H groups in total. The number of aromatic nitrogens is 1. The molecule has 0 aliphatic carbocycles. The molecule has 0 spiro atoms. The SMILES string of the molecule is Cc1cncc(CN(CCCN)C(C)C)c1. The Kier molecular flexibility index (Phi) is 5.43. The molecular weight excluding hydrogens is 198 g/mol. The van der Waals surface area contributed by atoms with E-state index in [1.165, 1.54) is 11.1 Å². The van der Waals surface area contributed by atoms with Crippen LogP contribution in [-0.2, 0) is 6.54 Å². The highest BCUT2D eigenvalue weighted by molar-refractivity contribution is 5.16. The van der Waals surface area contributed by atoms with Gasteiger partial charge in [0.05, 0.1) is 0 Å². The lowest BCUT2D eigenvalue weighted by atomic mass is 10.2. The van der Waals surface area contributed by atoms with Crippen LogP contribution in [0.15, 0.2) is 18.5 Å². The molecule has 1 heterocycles. The van der Waals surface area contributed by atoms with Gasteiger partial charge in [0, 0.05) is 25.0 Å². The summed E-state index contributed by atoms with van der Waals surface area (Å²) in [7, 11) is 0. The van der Waals surface area contributed by atoms with Crippen molar-refractivity contribution in [3.63, 3.8) is 0 Å². The van der Waals surface area contributed by atoms with Crippen LogP contribution in [0.25, 0.3) is 0 Å². The summed E-state index contributed by atoms with van der Waals surface area (Å²) in [6.07, 6.45) is 4.89. The number of hydrogen-bond donors (Lipinski definition) is 1. The van der Waals surface area contributed by atoms with Gasteiger partial charge in [0.15, 0.2) is 0 Å². The fraction of sp³-hybridized carbons (Fsp3) is 0.615. The van der Waals surface area contributed by atoms with Gasteiger partial charge in [0.2, 0.25) is 0 Å². The Labute approximate surface area is 98.7 Å². The lowest BCUT2D eigenvalue weighted by Gasteiger charge is -2.26. The zero-order valence-electron chi connectivity index (χ0n) is 10.6. The second kappa shape index (κ2) is 6.61. The highest BCUT2D eigenvalue weighted by Gasteiger charge is 2.09. The van der Waals surface area contributed by atoms with Crippen LogP contribution in [0, 0.1) is 6.92 Å². The van der Waals surface area contributed by atoms with E-state index in [4.69, 9.17) is 5.73 Å². The maximum Gasteiger partial charge on any atom is 0.0313 e. The molecule has 0 aliphatic heterocycles. The van der Waals surface area contributed by atoms with E-state index in [2.05, 4.69) is 36.7 Å². The Balaban J connectivity index is 2.60. The number of nitrogens with two attached hydrogens (primary N) is 1. The van der Waals surface area contributed by atoms with Crippen molar-refractivity contribution < 1.29 is 0 Å². The number of nitrogens with zero attached hydrogens (tertiary/aromatic N) is 2. The minimum Gasteiger partial charge on any atom is -0.330 e. The topological polar surface area (TPSA) is 42.2 Å². The van der Waals surface area contributed by atoms with Gasteiger partial charge in [-0.1, -0.05) is 6.07 Å². The van der Waals surface area contributed by atoms with Gasteiger partial charge in [-0.05, 0) is 51.4 Å². The van der Waals surface area contributed by atoms with Crippen molar-refractivity contribution >= 4 is 0 Å². The molecule has 16 heavy (non-hydrogen) atoms. The van der Waals surface area contributed by atoms with Crippen LogP contribution < -0.4 is 5.73 Å². The highest BCUT2D eigenvalue weighted by atomic mass is 15.1. The number of pyridine rings is 1. The molecular formula is C13H23N3. The van der Waals surface area contributed by atoms with Gasteiger partial charge in [-0.15, -0.1) is 0 Å². The standard InChI is InChI=1S/C13H23N3/c1-11(2)16(6-4-5-14)10-13-7-12(3)8-15-9-13/h7-9,11H,4-6,10,14H2,1-3H3. The van der Waals surface area contributed by atoms with Crippen LogP contribution in [0.3, 0.4) is 0 Å². The Hall–Kier alpha value is -0.930. The van der Waals surface area contributed by atoms with Gasteiger partial charge in [0.1, 0.15) is 0 Å². The van der Waals surface area contributed by atoms with Gasteiger partial charge in [-0.2, -0.15) is 0 Å². The van der Waals surface area contributed by atoms with Crippen LogP contribution in [0.4, 0.5) is 0 Å². The monoisotopic (exact) mass is 221 g/mol. The van der Waals surface area contributed by atoms with Crippen molar-refractivity contribution in [1.29, 1.82) is 0 Å². The second-order valence-corrected chi connectivity index (χ2v) is 4.58. The first-order valence-corrected chi connectivity index (χ1v) is 5.98.